The number of hydrogen-bond acceptors (Lipinski definition) is 4. The first kappa shape index (κ1) is 13.6. The summed E-state index contributed by atoms with van der Waals surface area (Å²) < 4.78 is 7.52. The van der Waals surface area contributed by atoms with Crippen molar-refractivity contribution < 1.29 is 9.57 Å². The van der Waals surface area contributed by atoms with E-state index in [2.05, 4.69) is 10.6 Å². The van der Waals surface area contributed by atoms with Gasteiger partial charge in [0.25, 0.3) is 0 Å². The van der Waals surface area contributed by atoms with Gasteiger partial charge in [0.15, 0.2) is 0 Å². The summed E-state index contributed by atoms with van der Waals surface area (Å²) in [6.07, 6.45) is 5.42. The maximum Gasteiger partial charge on any atom is 0.150 e. The van der Waals surface area contributed by atoms with Crippen LogP contribution < -0.4 is 10.2 Å². The third kappa shape index (κ3) is 2.95. The zero-order valence-corrected chi connectivity index (χ0v) is 12.3. The SMILES string of the molecule is C1=C(n2cccn2)NO[C@@H]1c1ccc(Oc2ccccc2)cc1. The lowest BCUT2D eigenvalue weighted by Crippen LogP contribution is -2.12. The standard InChI is InChI=1S/C18H15N3O2/c1-2-5-15(6-3-1)22-16-9-7-14(8-10-16)17-13-18(20-23-17)21-12-4-11-19-21/h1-13,17,20H/t17-/m0/s1. The molecule has 0 unspecified atom stereocenters. The maximum atomic E-state index is 5.79. The van der Waals surface area contributed by atoms with Gasteiger partial charge in [-0.3, -0.25) is 4.84 Å². The lowest BCUT2D eigenvalue weighted by atomic mass is 10.1. The quantitative estimate of drug-likeness (QED) is 0.797. The van der Waals surface area contributed by atoms with E-state index in [0.717, 1.165) is 22.9 Å². The van der Waals surface area contributed by atoms with Crippen molar-refractivity contribution >= 4 is 5.82 Å². The van der Waals surface area contributed by atoms with E-state index in [1.807, 2.05) is 72.9 Å². The fourth-order valence-electron chi connectivity index (χ4n) is 2.38. The van der Waals surface area contributed by atoms with Crippen molar-refractivity contribution in [1.29, 1.82) is 0 Å². The van der Waals surface area contributed by atoms with Crippen molar-refractivity contribution in [3.05, 3.63) is 84.7 Å². The van der Waals surface area contributed by atoms with Crippen molar-refractivity contribution in [2.45, 2.75) is 6.10 Å². The average Bonchev–Trinajstić information content (AvgIpc) is 3.28. The number of rotatable bonds is 4. The van der Waals surface area contributed by atoms with Crippen LogP contribution in [0.2, 0.25) is 0 Å². The van der Waals surface area contributed by atoms with Gasteiger partial charge in [-0.15, -0.1) is 0 Å². The summed E-state index contributed by atoms with van der Waals surface area (Å²) in [5.74, 6) is 2.42. The Morgan fingerprint density at radius 1 is 0.957 bits per heavy atom. The monoisotopic (exact) mass is 305 g/mol. The molecule has 3 aromatic rings. The highest BCUT2D eigenvalue weighted by atomic mass is 16.7. The van der Waals surface area contributed by atoms with Gasteiger partial charge in [-0.1, -0.05) is 30.3 Å². The lowest BCUT2D eigenvalue weighted by Gasteiger charge is -2.09. The summed E-state index contributed by atoms with van der Waals surface area (Å²) in [6.45, 7) is 0. The summed E-state index contributed by atoms with van der Waals surface area (Å²) >= 11 is 0. The van der Waals surface area contributed by atoms with Gasteiger partial charge >= 0.3 is 0 Å². The second-order valence-electron chi connectivity index (χ2n) is 5.13. The molecule has 2 aromatic carbocycles. The van der Waals surface area contributed by atoms with Gasteiger partial charge in [-0.2, -0.15) is 5.10 Å². The van der Waals surface area contributed by atoms with Crippen LogP contribution in [0, 0.1) is 0 Å². The Balaban J connectivity index is 1.48. The molecule has 1 N–H and O–H groups in total. The van der Waals surface area contributed by atoms with Crippen LogP contribution in [0.4, 0.5) is 0 Å². The Bertz CT molecular complexity index is 796. The predicted molar refractivity (Wildman–Crippen MR) is 86.4 cm³/mol. The second kappa shape index (κ2) is 5.98. The van der Waals surface area contributed by atoms with Crippen LogP contribution in [-0.4, -0.2) is 9.78 Å². The smallest absolute Gasteiger partial charge is 0.150 e. The molecule has 1 atom stereocenters. The Morgan fingerprint density at radius 2 is 1.74 bits per heavy atom. The molecule has 23 heavy (non-hydrogen) atoms. The third-order valence-corrected chi connectivity index (χ3v) is 3.54. The molecule has 0 bridgehead atoms. The zero-order chi connectivity index (χ0) is 15.5. The predicted octanol–water partition coefficient (Wildman–Crippen LogP) is 3.75. The lowest BCUT2D eigenvalue weighted by molar-refractivity contribution is 0.0486. The summed E-state index contributed by atoms with van der Waals surface area (Å²) in [5.41, 5.74) is 3.93. The number of aromatic nitrogens is 2. The van der Waals surface area contributed by atoms with Gasteiger partial charge in [0.2, 0.25) is 0 Å². The molecule has 1 aliphatic heterocycles. The maximum absolute atomic E-state index is 5.79. The van der Waals surface area contributed by atoms with E-state index in [1.165, 1.54) is 0 Å². The molecule has 5 heteroatoms. The molecule has 1 aliphatic rings. The molecule has 0 saturated carbocycles. The van der Waals surface area contributed by atoms with Gasteiger partial charge in [-0.25, -0.2) is 10.2 Å². The molecule has 4 rings (SSSR count). The van der Waals surface area contributed by atoms with Crippen molar-refractivity contribution in [2.75, 3.05) is 0 Å². The van der Waals surface area contributed by atoms with Crippen LogP contribution in [0.1, 0.15) is 11.7 Å². The third-order valence-electron chi connectivity index (χ3n) is 3.54. The van der Waals surface area contributed by atoms with Crippen LogP contribution in [0.5, 0.6) is 11.5 Å². The van der Waals surface area contributed by atoms with Crippen molar-refractivity contribution in [2.24, 2.45) is 0 Å². The highest BCUT2D eigenvalue weighted by molar-refractivity contribution is 5.46. The summed E-state index contributed by atoms with van der Waals surface area (Å²) in [7, 11) is 0. The van der Waals surface area contributed by atoms with E-state index >= 15 is 0 Å². The largest absolute Gasteiger partial charge is 0.457 e. The van der Waals surface area contributed by atoms with E-state index in [9.17, 15) is 0 Å². The molecule has 5 nitrogen and oxygen atoms in total. The van der Waals surface area contributed by atoms with Gasteiger partial charge in [0, 0.05) is 12.4 Å². The highest BCUT2D eigenvalue weighted by Crippen LogP contribution is 2.28. The molecular weight excluding hydrogens is 290 g/mol. The van der Waals surface area contributed by atoms with E-state index in [1.54, 1.807) is 10.9 Å². The normalized spacial score (nSPS) is 16.7. The minimum atomic E-state index is -0.153. The first-order chi connectivity index (χ1) is 11.4. The Morgan fingerprint density at radius 3 is 2.48 bits per heavy atom. The highest BCUT2D eigenvalue weighted by Gasteiger charge is 2.19. The molecule has 114 valence electrons. The molecular formula is C18H15N3O2. The Kier molecular flexibility index (Phi) is 3.54. The van der Waals surface area contributed by atoms with Crippen LogP contribution in [0.15, 0.2) is 79.1 Å². The minimum Gasteiger partial charge on any atom is -0.457 e. The topological polar surface area (TPSA) is 48.3 Å². The van der Waals surface area contributed by atoms with Gasteiger partial charge in [0.05, 0.1) is 0 Å². The summed E-state index contributed by atoms with van der Waals surface area (Å²) in [4.78, 5) is 5.59. The summed E-state index contributed by atoms with van der Waals surface area (Å²) in [6, 6.07) is 19.4. The van der Waals surface area contributed by atoms with E-state index in [0.29, 0.717) is 0 Å². The first-order valence-corrected chi connectivity index (χ1v) is 7.35. The average molecular weight is 305 g/mol. The van der Waals surface area contributed by atoms with Crippen LogP contribution in [-0.2, 0) is 4.84 Å². The fraction of sp³-hybridized carbons (Fsp3) is 0.0556. The number of para-hydroxylation sites is 1. The molecule has 2 heterocycles. The van der Waals surface area contributed by atoms with Gasteiger partial charge < -0.3 is 4.74 Å². The van der Waals surface area contributed by atoms with Crippen LogP contribution in [0.3, 0.4) is 0 Å². The fourth-order valence-corrected chi connectivity index (χ4v) is 2.38. The molecule has 0 spiro atoms. The first-order valence-electron chi connectivity index (χ1n) is 7.35. The Hall–Kier alpha value is -3.05. The second-order valence-corrected chi connectivity index (χ2v) is 5.13. The number of nitrogens with zero attached hydrogens (tertiary/aromatic N) is 2. The van der Waals surface area contributed by atoms with E-state index in [4.69, 9.17) is 9.57 Å². The minimum absolute atomic E-state index is 0.153. The molecule has 0 radical (unpaired) electrons. The molecule has 0 fully saturated rings. The van der Waals surface area contributed by atoms with Crippen LogP contribution in [0.25, 0.3) is 5.82 Å². The number of benzene rings is 2. The van der Waals surface area contributed by atoms with Gasteiger partial charge in [0.1, 0.15) is 23.4 Å². The molecule has 0 saturated heterocycles. The zero-order valence-electron chi connectivity index (χ0n) is 12.3. The van der Waals surface area contributed by atoms with Crippen LogP contribution >= 0.6 is 0 Å². The number of hydroxylamine groups is 1. The Labute approximate surface area is 133 Å². The molecule has 0 aliphatic carbocycles. The van der Waals surface area contributed by atoms with Gasteiger partial charge in [-0.05, 0) is 42.0 Å². The van der Waals surface area contributed by atoms with E-state index < -0.39 is 0 Å². The number of ether oxygens (including phenoxy) is 1. The van der Waals surface area contributed by atoms with E-state index in [-0.39, 0.29) is 6.10 Å². The number of nitrogens with one attached hydrogen (secondary N) is 1. The van der Waals surface area contributed by atoms with Crippen molar-refractivity contribution in [3.8, 4) is 11.5 Å². The number of hydrogen-bond donors (Lipinski definition) is 1. The summed E-state index contributed by atoms with van der Waals surface area (Å²) in [5, 5.41) is 4.17. The molecule has 1 aromatic heterocycles. The molecule has 0 amide bonds. The van der Waals surface area contributed by atoms with Crippen molar-refractivity contribution in [3.63, 3.8) is 0 Å². The van der Waals surface area contributed by atoms with Crippen molar-refractivity contribution in [1.82, 2.24) is 15.3 Å².